The zero-order valence-corrected chi connectivity index (χ0v) is 17.2. The molecule has 0 unspecified atom stereocenters. The summed E-state index contributed by atoms with van der Waals surface area (Å²) in [5.41, 5.74) is 0.350. The summed E-state index contributed by atoms with van der Waals surface area (Å²) in [4.78, 5) is 27.4. The Kier molecular flexibility index (Phi) is 6.00. The van der Waals surface area contributed by atoms with Gasteiger partial charge < -0.3 is 5.32 Å². The molecule has 8 heteroatoms. The van der Waals surface area contributed by atoms with Crippen LogP contribution in [0.1, 0.15) is 16.7 Å². The zero-order chi connectivity index (χ0) is 23.6. The Hall–Kier alpha value is -3.94. The third-order valence-corrected chi connectivity index (χ3v) is 5.23. The van der Waals surface area contributed by atoms with Crippen molar-refractivity contribution in [2.24, 2.45) is 0 Å². The molecular formula is C25H18F4N2O2. The number of nitrogens with one attached hydrogen (secondary N) is 1. The first kappa shape index (κ1) is 22.3. The fourth-order valence-electron chi connectivity index (χ4n) is 3.58. The van der Waals surface area contributed by atoms with E-state index < -0.39 is 29.4 Å². The summed E-state index contributed by atoms with van der Waals surface area (Å²) >= 11 is 0. The van der Waals surface area contributed by atoms with Crippen molar-refractivity contribution >= 4 is 23.1 Å². The third kappa shape index (κ3) is 4.79. The average Bonchev–Trinajstić information content (AvgIpc) is 3.02. The van der Waals surface area contributed by atoms with Gasteiger partial charge in [0, 0.05) is 12.2 Å². The van der Waals surface area contributed by atoms with Gasteiger partial charge in [-0.1, -0.05) is 48.5 Å². The summed E-state index contributed by atoms with van der Waals surface area (Å²) < 4.78 is 52.5. The summed E-state index contributed by atoms with van der Waals surface area (Å²) in [6, 6.07) is 18.6. The summed E-state index contributed by atoms with van der Waals surface area (Å²) in [5, 5.41) is 2.74. The van der Waals surface area contributed by atoms with Gasteiger partial charge in [0.1, 0.15) is 11.5 Å². The number of anilines is 1. The third-order valence-electron chi connectivity index (χ3n) is 5.23. The van der Waals surface area contributed by atoms with E-state index >= 15 is 0 Å². The van der Waals surface area contributed by atoms with Gasteiger partial charge in [0.15, 0.2) is 0 Å². The van der Waals surface area contributed by atoms with E-state index in [-0.39, 0.29) is 23.5 Å². The Morgan fingerprint density at radius 1 is 0.818 bits per heavy atom. The van der Waals surface area contributed by atoms with E-state index in [1.807, 2.05) is 0 Å². The molecule has 2 amide bonds. The Balaban J connectivity index is 1.65. The number of benzene rings is 3. The van der Waals surface area contributed by atoms with Gasteiger partial charge in [-0.05, 0) is 47.9 Å². The topological polar surface area (TPSA) is 49.4 Å². The first-order valence-electron chi connectivity index (χ1n) is 10.1. The normalized spacial score (nSPS) is 14.2. The van der Waals surface area contributed by atoms with Gasteiger partial charge in [-0.25, -0.2) is 4.39 Å². The number of halogens is 4. The van der Waals surface area contributed by atoms with Crippen LogP contribution >= 0.6 is 0 Å². The highest BCUT2D eigenvalue weighted by atomic mass is 19.4. The molecule has 0 radical (unpaired) electrons. The number of alkyl halides is 3. The Morgan fingerprint density at radius 2 is 1.52 bits per heavy atom. The van der Waals surface area contributed by atoms with E-state index in [0.29, 0.717) is 12.0 Å². The second kappa shape index (κ2) is 8.90. The fourth-order valence-corrected chi connectivity index (χ4v) is 3.58. The lowest BCUT2D eigenvalue weighted by Crippen LogP contribution is -2.34. The SMILES string of the molecule is O=C1C(Nc2cccc(C(F)(F)F)c2)=C(c2ccccc2)C(=O)N1CCc1ccc(F)cc1. The lowest BCUT2D eigenvalue weighted by Gasteiger charge is -2.15. The molecular weight excluding hydrogens is 436 g/mol. The van der Waals surface area contributed by atoms with Crippen molar-refractivity contribution in [2.45, 2.75) is 12.6 Å². The van der Waals surface area contributed by atoms with Gasteiger partial charge >= 0.3 is 6.18 Å². The minimum absolute atomic E-state index is 0.0351. The molecule has 1 aliphatic rings. The van der Waals surface area contributed by atoms with Crippen LogP contribution < -0.4 is 5.32 Å². The molecule has 1 N–H and O–H groups in total. The summed E-state index contributed by atoms with van der Waals surface area (Å²) in [6.07, 6.45) is -4.25. The molecule has 1 heterocycles. The van der Waals surface area contributed by atoms with Crippen molar-refractivity contribution in [2.75, 3.05) is 11.9 Å². The van der Waals surface area contributed by atoms with E-state index in [1.165, 1.54) is 24.3 Å². The van der Waals surface area contributed by atoms with E-state index in [0.717, 1.165) is 22.6 Å². The van der Waals surface area contributed by atoms with Gasteiger partial charge in [-0.2, -0.15) is 13.2 Å². The number of hydrogen-bond acceptors (Lipinski definition) is 3. The van der Waals surface area contributed by atoms with E-state index in [1.54, 1.807) is 42.5 Å². The largest absolute Gasteiger partial charge is 0.416 e. The second-order valence-electron chi connectivity index (χ2n) is 7.46. The summed E-state index contributed by atoms with van der Waals surface area (Å²) in [6.45, 7) is 0.0351. The predicted octanol–water partition coefficient (Wildman–Crippen LogP) is 5.28. The molecule has 0 aliphatic carbocycles. The number of imide groups is 1. The summed E-state index contributed by atoms with van der Waals surface area (Å²) in [7, 11) is 0. The number of carbonyl (C=O) groups is 2. The molecule has 0 spiro atoms. The first-order chi connectivity index (χ1) is 15.7. The molecule has 0 saturated heterocycles. The van der Waals surface area contributed by atoms with Crippen LogP contribution in [0.25, 0.3) is 5.57 Å². The van der Waals surface area contributed by atoms with Gasteiger partial charge in [-0.15, -0.1) is 0 Å². The lowest BCUT2D eigenvalue weighted by molar-refractivity contribution is -0.138. The molecule has 0 saturated carbocycles. The van der Waals surface area contributed by atoms with E-state index in [4.69, 9.17) is 0 Å². The number of carbonyl (C=O) groups excluding carboxylic acids is 2. The maximum Gasteiger partial charge on any atom is 0.416 e. The zero-order valence-electron chi connectivity index (χ0n) is 17.2. The Morgan fingerprint density at radius 3 is 2.18 bits per heavy atom. The van der Waals surface area contributed by atoms with Gasteiger partial charge in [0.2, 0.25) is 0 Å². The minimum atomic E-state index is -4.55. The van der Waals surface area contributed by atoms with Crippen LogP contribution in [0, 0.1) is 5.82 Å². The molecule has 0 bridgehead atoms. The Bertz CT molecular complexity index is 1220. The number of hydrogen-bond donors (Lipinski definition) is 1. The minimum Gasteiger partial charge on any atom is -0.350 e. The Labute approximate surface area is 187 Å². The summed E-state index contributed by atoms with van der Waals surface area (Å²) in [5.74, 6) is -1.59. The van der Waals surface area contributed by atoms with Crippen LogP contribution in [0.5, 0.6) is 0 Å². The molecule has 33 heavy (non-hydrogen) atoms. The molecule has 0 aromatic heterocycles. The molecule has 168 valence electrons. The van der Waals surface area contributed by atoms with Crippen LogP contribution in [-0.2, 0) is 22.2 Å². The highest BCUT2D eigenvalue weighted by molar-refractivity contribution is 6.36. The maximum atomic E-state index is 13.2. The van der Waals surface area contributed by atoms with Crippen LogP contribution in [0.2, 0.25) is 0 Å². The quantitative estimate of drug-likeness (QED) is 0.407. The highest BCUT2D eigenvalue weighted by Gasteiger charge is 2.39. The highest BCUT2D eigenvalue weighted by Crippen LogP contribution is 2.33. The van der Waals surface area contributed by atoms with Gasteiger partial charge in [0.05, 0.1) is 11.1 Å². The number of nitrogens with zero attached hydrogens (tertiary/aromatic N) is 1. The van der Waals surface area contributed by atoms with Crippen LogP contribution in [0.3, 0.4) is 0 Å². The van der Waals surface area contributed by atoms with Crippen LogP contribution in [-0.4, -0.2) is 23.3 Å². The number of rotatable bonds is 6. The predicted molar refractivity (Wildman–Crippen MR) is 115 cm³/mol. The first-order valence-corrected chi connectivity index (χ1v) is 10.1. The van der Waals surface area contributed by atoms with E-state index in [2.05, 4.69) is 5.32 Å². The molecule has 3 aromatic carbocycles. The van der Waals surface area contributed by atoms with Crippen molar-refractivity contribution in [3.63, 3.8) is 0 Å². The average molecular weight is 454 g/mol. The van der Waals surface area contributed by atoms with Crippen molar-refractivity contribution in [3.8, 4) is 0 Å². The fraction of sp³-hybridized carbons (Fsp3) is 0.120. The van der Waals surface area contributed by atoms with Crippen molar-refractivity contribution in [1.82, 2.24) is 4.90 Å². The number of amides is 2. The van der Waals surface area contributed by atoms with Crippen molar-refractivity contribution in [1.29, 1.82) is 0 Å². The molecule has 0 atom stereocenters. The lowest BCUT2D eigenvalue weighted by atomic mass is 10.0. The van der Waals surface area contributed by atoms with E-state index in [9.17, 15) is 27.2 Å². The molecule has 0 fully saturated rings. The van der Waals surface area contributed by atoms with Crippen molar-refractivity contribution in [3.05, 3.63) is 107 Å². The standard InChI is InChI=1S/C25H18F4N2O2/c26-19-11-9-16(10-12-19)13-14-31-23(32)21(17-5-2-1-3-6-17)22(24(31)33)30-20-8-4-7-18(15-20)25(27,28)29/h1-12,15,30H,13-14H2. The molecule has 4 nitrogen and oxygen atoms in total. The molecule has 4 rings (SSSR count). The monoisotopic (exact) mass is 454 g/mol. The van der Waals surface area contributed by atoms with Crippen LogP contribution in [0.4, 0.5) is 23.2 Å². The van der Waals surface area contributed by atoms with Crippen molar-refractivity contribution < 1.29 is 27.2 Å². The van der Waals surface area contributed by atoms with Gasteiger partial charge in [-0.3, -0.25) is 14.5 Å². The second-order valence-corrected chi connectivity index (χ2v) is 7.46. The maximum absolute atomic E-state index is 13.2. The molecule has 1 aliphatic heterocycles. The van der Waals surface area contributed by atoms with Gasteiger partial charge in [0.25, 0.3) is 11.8 Å². The smallest absolute Gasteiger partial charge is 0.350 e. The molecule has 3 aromatic rings. The van der Waals surface area contributed by atoms with Crippen LogP contribution in [0.15, 0.2) is 84.6 Å².